The first-order valence-electron chi connectivity index (χ1n) is 3.43. The van der Waals surface area contributed by atoms with Gasteiger partial charge in [-0.3, -0.25) is 4.79 Å². The van der Waals surface area contributed by atoms with Crippen molar-refractivity contribution in [3.8, 4) is 12.3 Å². The van der Waals surface area contributed by atoms with E-state index in [9.17, 15) is 4.79 Å². The normalized spacial score (nSPS) is 9.00. The highest BCUT2D eigenvalue weighted by atomic mass is 35.5. The minimum Gasteiger partial charge on any atom is -0.279 e. The maximum atomic E-state index is 10.9. The largest absolute Gasteiger partial charge is 0.279 e. The summed E-state index contributed by atoms with van der Waals surface area (Å²) in [5, 5.41) is 0. The van der Waals surface area contributed by atoms with Crippen LogP contribution in [0.4, 0.5) is 0 Å². The number of carbonyl (C=O) groups excluding carboxylic acids is 1. The number of rotatable bonds is 2. The highest BCUT2D eigenvalue weighted by Gasteiger charge is 1.99. The Balaban J connectivity index is 2.94. The molecule has 0 saturated heterocycles. The van der Waals surface area contributed by atoms with Crippen molar-refractivity contribution in [2.75, 3.05) is 0 Å². The predicted molar refractivity (Wildman–Crippen MR) is 49.2 cm³/mol. The van der Waals surface area contributed by atoms with Crippen LogP contribution in [-0.4, -0.2) is 5.78 Å². The first kappa shape index (κ1) is 8.83. The summed E-state index contributed by atoms with van der Waals surface area (Å²) in [6.07, 6.45) is 4.95. The molecule has 0 heterocycles. The molecule has 0 aliphatic carbocycles. The lowest BCUT2D eigenvalue weighted by Gasteiger charge is -1.95. The molecule has 60 valence electrons. The van der Waals surface area contributed by atoms with Gasteiger partial charge in [0.1, 0.15) is 0 Å². The number of alkyl halides is 1. The monoisotopic (exact) mass is 178 g/mol. The molecule has 0 N–H and O–H groups in total. The van der Waals surface area contributed by atoms with E-state index in [1.54, 1.807) is 24.3 Å². The van der Waals surface area contributed by atoms with E-state index in [-0.39, 0.29) is 5.78 Å². The van der Waals surface area contributed by atoms with Gasteiger partial charge in [-0.15, -0.1) is 18.0 Å². The van der Waals surface area contributed by atoms with Crippen molar-refractivity contribution < 1.29 is 4.79 Å². The van der Waals surface area contributed by atoms with Gasteiger partial charge in [-0.05, 0) is 11.5 Å². The average molecular weight is 179 g/mol. The lowest BCUT2D eigenvalue weighted by Crippen LogP contribution is -1.93. The number of ketones is 1. The Morgan fingerprint density at radius 1 is 1.42 bits per heavy atom. The molecule has 0 aromatic heterocycles. The molecule has 0 amide bonds. The molecule has 1 rings (SSSR count). The minimum absolute atomic E-state index is 0.295. The van der Waals surface area contributed by atoms with Crippen molar-refractivity contribution in [2.45, 2.75) is 5.88 Å². The molecule has 1 aromatic rings. The van der Waals surface area contributed by atoms with E-state index >= 15 is 0 Å². The highest BCUT2D eigenvalue weighted by molar-refractivity contribution is 6.17. The molecule has 0 saturated carbocycles. The summed E-state index contributed by atoms with van der Waals surface area (Å²) < 4.78 is 0. The number of hydrogen-bond donors (Lipinski definition) is 0. The fourth-order valence-corrected chi connectivity index (χ4v) is 1.01. The standard InChI is InChI=1S/C10H7ClO/c1-2-10(12)9-5-3-8(7-11)4-6-9/h1,3-6H,7H2. The molecule has 2 heteroatoms. The third-order valence-electron chi connectivity index (χ3n) is 1.50. The lowest BCUT2D eigenvalue weighted by molar-refractivity contribution is 0.105. The van der Waals surface area contributed by atoms with E-state index in [2.05, 4.69) is 0 Å². The number of benzene rings is 1. The van der Waals surface area contributed by atoms with Crippen molar-refractivity contribution >= 4 is 17.4 Å². The molecule has 0 radical (unpaired) electrons. The Bertz CT molecular complexity index is 319. The summed E-state index contributed by atoms with van der Waals surface area (Å²) in [6.45, 7) is 0. The molecule has 0 unspecified atom stereocenters. The fourth-order valence-electron chi connectivity index (χ4n) is 0.829. The van der Waals surface area contributed by atoms with Gasteiger partial charge in [-0.1, -0.05) is 24.3 Å². The number of halogens is 1. The summed E-state index contributed by atoms with van der Waals surface area (Å²) in [5.41, 5.74) is 1.51. The Morgan fingerprint density at radius 3 is 2.42 bits per heavy atom. The molecule has 0 atom stereocenters. The zero-order valence-electron chi connectivity index (χ0n) is 6.38. The van der Waals surface area contributed by atoms with Crippen LogP contribution in [0.25, 0.3) is 0 Å². The maximum Gasteiger partial charge on any atom is 0.235 e. The van der Waals surface area contributed by atoms with E-state index in [0.29, 0.717) is 11.4 Å². The molecule has 1 aromatic carbocycles. The summed E-state index contributed by atoms with van der Waals surface area (Å²) in [4.78, 5) is 10.9. The van der Waals surface area contributed by atoms with Gasteiger partial charge in [-0.2, -0.15) is 0 Å². The quantitative estimate of drug-likeness (QED) is 0.294. The van der Waals surface area contributed by atoms with Crippen LogP contribution < -0.4 is 0 Å². The Hall–Kier alpha value is -1.26. The smallest absolute Gasteiger partial charge is 0.235 e. The van der Waals surface area contributed by atoms with Crippen LogP contribution in [0.3, 0.4) is 0 Å². The highest BCUT2D eigenvalue weighted by Crippen LogP contribution is 2.06. The first-order valence-corrected chi connectivity index (χ1v) is 3.97. The Morgan fingerprint density at radius 2 is 2.00 bits per heavy atom. The SMILES string of the molecule is C#CC(=O)c1ccc(CCl)cc1. The van der Waals surface area contributed by atoms with Crippen LogP contribution in [0, 0.1) is 12.3 Å². The number of Topliss-reactive ketones (excluding diaryl/α,β-unsaturated/α-hetero) is 1. The molecule has 0 spiro atoms. The second-order valence-electron chi connectivity index (χ2n) is 2.30. The molecule has 1 nitrogen and oxygen atoms in total. The summed E-state index contributed by atoms with van der Waals surface area (Å²) in [5.74, 6) is 2.20. The molecule has 0 fully saturated rings. The first-order chi connectivity index (χ1) is 5.77. The van der Waals surface area contributed by atoms with Crippen LogP contribution in [0.5, 0.6) is 0 Å². The minimum atomic E-state index is -0.295. The van der Waals surface area contributed by atoms with Crippen molar-refractivity contribution in [1.82, 2.24) is 0 Å². The molecule has 0 bridgehead atoms. The second kappa shape index (κ2) is 3.94. The van der Waals surface area contributed by atoms with Crippen LogP contribution >= 0.6 is 11.6 Å². The zero-order chi connectivity index (χ0) is 8.97. The average Bonchev–Trinajstić information content (AvgIpc) is 2.17. The van der Waals surface area contributed by atoms with Crippen molar-refractivity contribution in [2.24, 2.45) is 0 Å². The topological polar surface area (TPSA) is 17.1 Å². The van der Waals surface area contributed by atoms with Gasteiger partial charge >= 0.3 is 0 Å². The van der Waals surface area contributed by atoms with Gasteiger partial charge in [0.25, 0.3) is 0 Å². The molecule has 0 aliphatic heterocycles. The van der Waals surface area contributed by atoms with Crippen molar-refractivity contribution in [1.29, 1.82) is 0 Å². The zero-order valence-corrected chi connectivity index (χ0v) is 7.14. The summed E-state index contributed by atoms with van der Waals surface area (Å²) in [6, 6.07) is 6.94. The number of carbonyl (C=O) groups is 1. The van der Waals surface area contributed by atoms with E-state index in [1.165, 1.54) is 0 Å². The van der Waals surface area contributed by atoms with Gasteiger partial charge in [0.15, 0.2) is 0 Å². The van der Waals surface area contributed by atoms with Crippen LogP contribution in [-0.2, 0) is 5.88 Å². The number of terminal acetylenes is 1. The van der Waals surface area contributed by atoms with Gasteiger partial charge in [0.05, 0.1) is 0 Å². The Kier molecular flexibility index (Phi) is 2.90. The molecular weight excluding hydrogens is 172 g/mol. The molecule has 0 aliphatic rings. The number of hydrogen-bond acceptors (Lipinski definition) is 1. The summed E-state index contributed by atoms with van der Waals surface area (Å²) >= 11 is 5.57. The predicted octanol–water partition coefficient (Wildman–Crippen LogP) is 2.24. The van der Waals surface area contributed by atoms with E-state index in [0.717, 1.165) is 5.56 Å². The van der Waals surface area contributed by atoms with E-state index < -0.39 is 0 Å². The van der Waals surface area contributed by atoms with Crippen molar-refractivity contribution in [3.63, 3.8) is 0 Å². The summed E-state index contributed by atoms with van der Waals surface area (Å²) in [7, 11) is 0. The van der Waals surface area contributed by atoms with E-state index in [1.807, 2.05) is 5.92 Å². The Labute approximate surface area is 76.4 Å². The molecular formula is C10H7ClO. The third kappa shape index (κ3) is 1.87. The lowest BCUT2D eigenvalue weighted by atomic mass is 10.1. The van der Waals surface area contributed by atoms with Gasteiger partial charge in [-0.25, -0.2) is 0 Å². The fraction of sp³-hybridized carbons (Fsp3) is 0.100. The second-order valence-corrected chi connectivity index (χ2v) is 2.57. The molecule has 12 heavy (non-hydrogen) atoms. The van der Waals surface area contributed by atoms with Gasteiger partial charge in [0, 0.05) is 11.4 Å². The van der Waals surface area contributed by atoms with Gasteiger partial charge < -0.3 is 0 Å². The van der Waals surface area contributed by atoms with Crippen LogP contribution in [0.15, 0.2) is 24.3 Å². The van der Waals surface area contributed by atoms with Crippen LogP contribution in [0.1, 0.15) is 15.9 Å². The van der Waals surface area contributed by atoms with Crippen LogP contribution in [0.2, 0.25) is 0 Å². The van der Waals surface area contributed by atoms with E-state index in [4.69, 9.17) is 18.0 Å². The van der Waals surface area contributed by atoms with Gasteiger partial charge in [0.2, 0.25) is 5.78 Å². The maximum absolute atomic E-state index is 10.9. The third-order valence-corrected chi connectivity index (χ3v) is 1.81. The van der Waals surface area contributed by atoms with Crippen molar-refractivity contribution in [3.05, 3.63) is 35.4 Å².